The van der Waals surface area contributed by atoms with Crippen LogP contribution in [0.15, 0.2) is 42.7 Å². The normalized spacial score (nSPS) is 15.1. The maximum atomic E-state index is 6.18. The first-order valence-electron chi connectivity index (χ1n) is 10.5. The van der Waals surface area contributed by atoms with Crippen LogP contribution in [0.2, 0.25) is 0 Å². The van der Waals surface area contributed by atoms with Crippen LogP contribution in [0.4, 0.5) is 5.82 Å². The van der Waals surface area contributed by atoms with Crippen molar-refractivity contribution >= 4 is 16.7 Å². The largest absolute Gasteiger partial charge is 0.467 e. The molecule has 0 bridgehead atoms. The van der Waals surface area contributed by atoms with E-state index < -0.39 is 0 Å². The van der Waals surface area contributed by atoms with Crippen LogP contribution in [0.5, 0.6) is 5.88 Å². The number of aromatic nitrogens is 4. The minimum atomic E-state index is -0.257. The third-order valence-corrected chi connectivity index (χ3v) is 6.06. The van der Waals surface area contributed by atoms with Gasteiger partial charge in [0.15, 0.2) is 5.82 Å². The fraction of sp³-hybridized carbons (Fsp3) is 0.292. The molecule has 7 heteroatoms. The number of aromatic amines is 1. The lowest BCUT2D eigenvalue weighted by Crippen LogP contribution is -2.27. The summed E-state index contributed by atoms with van der Waals surface area (Å²) in [5.74, 6) is 0.627. The predicted molar refractivity (Wildman–Crippen MR) is 122 cm³/mol. The van der Waals surface area contributed by atoms with Crippen molar-refractivity contribution < 1.29 is 4.74 Å². The molecule has 4 aromatic rings. The van der Waals surface area contributed by atoms with Crippen molar-refractivity contribution in [1.82, 2.24) is 25.1 Å². The van der Waals surface area contributed by atoms with Gasteiger partial charge in [0.2, 0.25) is 0 Å². The molecular weight excluding hydrogens is 388 g/mol. The number of anilines is 1. The molecule has 31 heavy (non-hydrogen) atoms. The fourth-order valence-electron chi connectivity index (χ4n) is 4.39. The number of likely N-dealkylation sites (N-methyl/N-ethyl adjacent to an activating group) is 1. The van der Waals surface area contributed by atoms with Crippen molar-refractivity contribution in [2.75, 3.05) is 19.3 Å². The van der Waals surface area contributed by atoms with E-state index in [1.54, 1.807) is 6.20 Å². The molecule has 0 aliphatic carbocycles. The van der Waals surface area contributed by atoms with Gasteiger partial charge in [0.1, 0.15) is 6.10 Å². The Morgan fingerprint density at radius 2 is 2.10 bits per heavy atom. The van der Waals surface area contributed by atoms with Crippen molar-refractivity contribution in [3.63, 3.8) is 0 Å². The van der Waals surface area contributed by atoms with Crippen molar-refractivity contribution in [1.29, 1.82) is 0 Å². The summed E-state index contributed by atoms with van der Waals surface area (Å²) in [7, 11) is 2.15. The molecule has 0 spiro atoms. The maximum absolute atomic E-state index is 6.18. The molecule has 3 N–H and O–H groups in total. The first-order chi connectivity index (χ1) is 15.0. The summed E-state index contributed by atoms with van der Waals surface area (Å²) in [5.41, 5.74) is 14.0. The fourth-order valence-corrected chi connectivity index (χ4v) is 4.39. The monoisotopic (exact) mass is 414 g/mol. The average Bonchev–Trinajstić information content (AvgIpc) is 3.23. The zero-order valence-corrected chi connectivity index (χ0v) is 18.0. The first-order valence-corrected chi connectivity index (χ1v) is 10.5. The molecule has 0 saturated heterocycles. The molecule has 0 radical (unpaired) electrons. The van der Waals surface area contributed by atoms with Gasteiger partial charge < -0.3 is 15.4 Å². The highest BCUT2D eigenvalue weighted by Crippen LogP contribution is 2.32. The lowest BCUT2D eigenvalue weighted by molar-refractivity contribution is 0.220. The van der Waals surface area contributed by atoms with E-state index in [0.717, 1.165) is 47.2 Å². The molecule has 0 fully saturated rings. The number of H-pyrrole nitrogens is 1. The number of hydrogen-bond donors (Lipinski definition) is 2. The van der Waals surface area contributed by atoms with Gasteiger partial charge in [-0.1, -0.05) is 12.1 Å². The van der Waals surface area contributed by atoms with Crippen LogP contribution in [0.25, 0.3) is 22.2 Å². The minimum Gasteiger partial charge on any atom is -0.467 e. The van der Waals surface area contributed by atoms with Gasteiger partial charge >= 0.3 is 0 Å². The Labute approximate surface area is 181 Å². The van der Waals surface area contributed by atoms with Gasteiger partial charge in [-0.15, -0.1) is 0 Å². The number of hydrogen-bond acceptors (Lipinski definition) is 6. The molecule has 1 aliphatic rings. The van der Waals surface area contributed by atoms with Gasteiger partial charge in [-0.25, -0.2) is 9.97 Å². The predicted octanol–water partition coefficient (Wildman–Crippen LogP) is 4.04. The number of nitrogens with one attached hydrogen (secondary N) is 1. The van der Waals surface area contributed by atoms with E-state index >= 15 is 0 Å². The summed E-state index contributed by atoms with van der Waals surface area (Å²) in [6.45, 7) is 6.19. The van der Waals surface area contributed by atoms with Gasteiger partial charge in [0.25, 0.3) is 5.88 Å². The summed E-state index contributed by atoms with van der Waals surface area (Å²) in [6, 6.07) is 10.4. The number of rotatable bonds is 4. The van der Waals surface area contributed by atoms with Crippen LogP contribution in [0.3, 0.4) is 0 Å². The number of nitrogens with two attached hydrogens (primary N) is 1. The van der Waals surface area contributed by atoms with E-state index in [1.807, 2.05) is 31.3 Å². The van der Waals surface area contributed by atoms with Crippen LogP contribution in [0, 0.1) is 6.92 Å². The Hall–Kier alpha value is -3.45. The number of ether oxygens (including phenoxy) is 1. The van der Waals surface area contributed by atoms with Crippen molar-refractivity contribution in [2.24, 2.45) is 0 Å². The molecule has 1 aliphatic heterocycles. The van der Waals surface area contributed by atoms with E-state index in [2.05, 4.69) is 46.2 Å². The standard InChI is InChI=1S/C24H26N6O/c1-14-9-16(10-17-13-30(3)8-7-18(14)17)22-12-26-23(25)24(28-22)31-15(2)19-5-4-6-21-20(19)11-27-29-21/h4-6,9-12,15H,7-8,13H2,1-3H3,(H2,25,26)(H,27,29). The molecule has 1 atom stereocenters. The second-order valence-electron chi connectivity index (χ2n) is 8.30. The molecular formula is C24H26N6O. The Bertz CT molecular complexity index is 1260. The highest BCUT2D eigenvalue weighted by atomic mass is 16.5. The summed E-state index contributed by atoms with van der Waals surface area (Å²) < 4.78 is 6.18. The van der Waals surface area contributed by atoms with Gasteiger partial charge in [0, 0.05) is 29.6 Å². The minimum absolute atomic E-state index is 0.257. The van der Waals surface area contributed by atoms with E-state index in [4.69, 9.17) is 15.5 Å². The Balaban J connectivity index is 1.48. The molecule has 7 nitrogen and oxygen atoms in total. The van der Waals surface area contributed by atoms with Crippen LogP contribution < -0.4 is 10.5 Å². The summed E-state index contributed by atoms with van der Waals surface area (Å²) in [5, 5.41) is 8.15. The lowest BCUT2D eigenvalue weighted by Gasteiger charge is -2.27. The summed E-state index contributed by atoms with van der Waals surface area (Å²) in [4.78, 5) is 11.5. The van der Waals surface area contributed by atoms with Gasteiger partial charge in [-0.05, 0) is 62.2 Å². The smallest absolute Gasteiger partial charge is 0.258 e. The lowest BCUT2D eigenvalue weighted by atomic mass is 9.92. The highest BCUT2D eigenvalue weighted by Gasteiger charge is 2.19. The number of fused-ring (bicyclic) bond motifs is 2. The Kier molecular flexibility index (Phi) is 4.82. The molecule has 5 rings (SSSR count). The summed E-state index contributed by atoms with van der Waals surface area (Å²) >= 11 is 0. The summed E-state index contributed by atoms with van der Waals surface area (Å²) in [6.07, 6.45) is 4.35. The van der Waals surface area contributed by atoms with E-state index in [1.165, 1.54) is 16.7 Å². The SMILES string of the molecule is Cc1cc(-c2cnc(N)c(OC(C)c3cccc4[nH]ncc34)n2)cc2c1CCN(C)C2. The van der Waals surface area contributed by atoms with Crippen molar-refractivity contribution in [3.05, 3.63) is 65.0 Å². The van der Waals surface area contributed by atoms with Crippen LogP contribution in [0.1, 0.15) is 35.3 Å². The molecule has 2 aromatic heterocycles. The third-order valence-electron chi connectivity index (χ3n) is 6.06. The van der Waals surface area contributed by atoms with E-state index in [9.17, 15) is 0 Å². The number of benzene rings is 2. The molecule has 1 unspecified atom stereocenters. The zero-order chi connectivity index (χ0) is 21.5. The second-order valence-corrected chi connectivity index (χ2v) is 8.30. The Morgan fingerprint density at radius 3 is 2.97 bits per heavy atom. The topological polar surface area (TPSA) is 92.9 Å². The molecule has 3 heterocycles. The zero-order valence-electron chi connectivity index (χ0n) is 18.0. The molecule has 0 saturated carbocycles. The first kappa shape index (κ1) is 19.5. The second kappa shape index (κ2) is 7.67. The van der Waals surface area contributed by atoms with E-state index in [0.29, 0.717) is 5.88 Å². The molecule has 158 valence electrons. The van der Waals surface area contributed by atoms with Crippen LogP contribution >= 0.6 is 0 Å². The highest BCUT2D eigenvalue weighted by molar-refractivity contribution is 5.82. The molecule has 2 aromatic carbocycles. The number of aryl methyl sites for hydroxylation is 1. The third kappa shape index (κ3) is 3.61. The van der Waals surface area contributed by atoms with Crippen LogP contribution in [-0.2, 0) is 13.0 Å². The Morgan fingerprint density at radius 1 is 1.23 bits per heavy atom. The van der Waals surface area contributed by atoms with Crippen LogP contribution in [-0.4, -0.2) is 38.7 Å². The quantitative estimate of drug-likeness (QED) is 0.524. The maximum Gasteiger partial charge on any atom is 0.258 e. The molecule has 0 amide bonds. The number of nitrogens with zero attached hydrogens (tertiary/aromatic N) is 4. The number of nitrogen functional groups attached to an aromatic ring is 1. The average molecular weight is 415 g/mol. The van der Waals surface area contributed by atoms with Crippen molar-refractivity contribution in [3.8, 4) is 17.1 Å². The van der Waals surface area contributed by atoms with Gasteiger partial charge in [-0.3, -0.25) is 5.10 Å². The van der Waals surface area contributed by atoms with Gasteiger partial charge in [-0.2, -0.15) is 5.10 Å². The van der Waals surface area contributed by atoms with E-state index in [-0.39, 0.29) is 11.9 Å². The van der Waals surface area contributed by atoms with Gasteiger partial charge in [0.05, 0.1) is 23.6 Å². The van der Waals surface area contributed by atoms with Crippen molar-refractivity contribution in [2.45, 2.75) is 32.9 Å².